The fourth-order valence-corrected chi connectivity index (χ4v) is 3.61. The van der Waals surface area contributed by atoms with Gasteiger partial charge in [0.25, 0.3) is 0 Å². The molecule has 0 unspecified atom stereocenters. The summed E-state index contributed by atoms with van der Waals surface area (Å²) in [5, 5.41) is 15.9. The quantitative estimate of drug-likeness (QED) is 0.168. The summed E-state index contributed by atoms with van der Waals surface area (Å²) in [7, 11) is -3.84. The van der Waals surface area contributed by atoms with Gasteiger partial charge in [0.2, 0.25) is 0 Å². The van der Waals surface area contributed by atoms with Gasteiger partial charge in [0.15, 0.2) is 11.4 Å². The van der Waals surface area contributed by atoms with Crippen molar-refractivity contribution in [2.75, 3.05) is 25.6 Å². The minimum atomic E-state index is -4.66. The van der Waals surface area contributed by atoms with Crippen LogP contribution < -0.4 is 9.47 Å². The van der Waals surface area contributed by atoms with Gasteiger partial charge in [0, 0.05) is 17.5 Å². The molecule has 206 valence electrons. The number of benzene rings is 2. The summed E-state index contributed by atoms with van der Waals surface area (Å²) in [6, 6.07) is 13.4. The van der Waals surface area contributed by atoms with Crippen molar-refractivity contribution in [3.05, 3.63) is 59.7 Å². The van der Waals surface area contributed by atoms with E-state index in [9.17, 15) is 26.9 Å². The molecule has 0 saturated heterocycles. The zero-order chi connectivity index (χ0) is 28.0. The molecule has 0 radical (unpaired) electrons. The first-order valence-corrected chi connectivity index (χ1v) is 13.3. The second-order valence-electron chi connectivity index (χ2n) is 7.76. The number of alkyl halides is 3. The van der Waals surface area contributed by atoms with Crippen molar-refractivity contribution in [3.8, 4) is 17.6 Å². The van der Waals surface area contributed by atoms with E-state index in [0.717, 1.165) is 0 Å². The molecule has 0 aliphatic heterocycles. The van der Waals surface area contributed by atoms with Crippen molar-refractivity contribution in [2.24, 2.45) is 10.3 Å². The summed E-state index contributed by atoms with van der Waals surface area (Å²) < 4.78 is 78.6. The van der Waals surface area contributed by atoms with E-state index < -0.39 is 22.0 Å². The van der Waals surface area contributed by atoms with E-state index in [4.69, 9.17) is 14.3 Å². The Bertz CT molecular complexity index is 1220. The van der Waals surface area contributed by atoms with Gasteiger partial charge in [-0.25, -0.2) is 0 Å². The monoisotopic (exact) mass is 555 g/mol. The lowest BCUT2D eigenvalue weighted by Gasteiger charge is -2.12. The van der Waals surface area contributed by atoms with Gasteiger partial charge >= 0.3 is 16.3 Å². The van der Waals surface area contributed by atoms with Gasteiger partial charge in [-0.2, -0.15) is 26.9 Å². The van der Waals surface area contributed by atoms with Crippen molar-refractivity contribution in [3.63, 3.8) is 0 Å². The highest BCUT2D eigenvalue weighted by atomic mass is 32.2. The second kappa shape index (κ2) is 14.8. The van der Waals surface area contributed by atoms with Crippen molar-refractivity contribution >= 4 is 21.5 Å². The SMILES string of the molecule is CCCON=C(c1ccc(OCCCOc2ccc(C(C#N)=NOS(=O)(=O)CCC)cc2)cc1)C(F)(F)F. The lowest BCUT2D eigenvalue weighted by molar-refractivity contribution is -0.0615. The molecule has 0 aromatic heterocycles. The van der Waals surface area contributed by atoms with Crippen LogP contribution in [0.3, 0.4) is 0 Å². The zero-order valence-electron chi connectivity index (χ0n) is 20.9. The van der Waals surface area contributed by atoms with Crippen LogP contribution in [-0.2, 0) is 19.2 Å². The van der Waals surface area contributed by atoms with Crippen molar-refractivity contribution < 1.29 is 40.2 Å². The smallest absolute Gasteiger partial charge is 0.437 e. The van der Waals surface area contributed by atoms with E-state index in [0.29, 0.717) is 36.3 Å². The highest BCUT2D eigenvalue weighted by molar-refractivity contribution is 7.86. The van der Waals surface area contributed by atoms with E-state index in [1.807, 2.05) is 0 Å². The topological polar surface area (TPSA) is 120 Å². The van der Waals surface area contributed by atoms with Gasteiger partial charge in [-0.05, 0) is 61.4 Å². The Morgan fingerprint density at radius 1 is 0.868 bits per heavy atom. The van der Waals surface area contributed by atoms with Crippen LogP contribution in [0, 0.1) is 11.3 Å². The maximum Gasteiger partial charge on any atom is 0.437 e. The highest BCUT2D eigenvalue weighted by Gasteiger charge is 2.37. The molecule has 0 amide bonds. The average molecular weight is 556 g/mol. The zero-order valence-corrected chi connectivity index (χ0v) is 21.7. The molecular weight excluding hydrogens is 527 g/mol. The first kappa shape index (κ1) is 30.4. The largest absolute Gasteiger partial charge is 0.493 e. The number of halogens is 3. The van der Waals surface area contributed by atoms with Crippen LogP contribution in [0.1, 0.15) is 44.2 Å². The van der Waals surface area contributed by atoms with Crippen LogP contribution in [0.5, 0.6) is 11.5 Å². The van der Waals surface area contributed by atoms with Crippen LogP contribution in [-0.4, -0.2) is 51.6 Å². The predicted octanol–water partition coefficient (Wildman–Crippen LogP) is 5.21. The molecule has 0 bridgehead atoms. The maximum atomic E-state index is 13.2. The summed E-state index contributed by atoms with van der Waals surface area (Å²) in [4.78, 5) is 4.71. The van der Waals surface area contributed by atoms with E-state index in [-0.39, 0.29) is 36.8 Å². The number of nitriles is 1. The third-order valence-electron chi connectivity index (χ3n) is 4.60. The maximum absolute atomic E-state index is 13.2. The Morgan fingerprint density at radius 3 is 1.89 bits per heavy atom. The Balaban J connectivity index is 1.83. The van der Waals surface area contributed by atoms with Crippen LogP contribution >= 0.6 is 0 Å². The molecule has 0 fully saturated rings. The predicted molar refractivity (Wildman–Crippen MR) is 135 cm³/mol. The number of nitrogens with zero attached hydrogens (tertiary/aromatic N) is 3. The third-order valence-corrected chi connectivity index (χ3v) is 5.81. The molecule has 0 spiro atoms. The fourth-order valence-electron chi connectivity index (χ4n) is 2.85. The van der Waals surface area contributed by atoms with Crippen molar-refractivity contribution in [1.29, 1.82) is 5.26 Å². The lowest BCUT2D eigenvalue weighted by Crippen LogP contribution is -2.24. The van der Waals surface area contributed by atoms with Crippen LogP contribution in [0.25, 0.3) is 0 Å². The van der Waals surface area contributed by atoms with E-state index >= 15 is 0 Å². The first-order valence-electron chi connectivity index (χ1n) is 11.7. The summed E-state index contributed by atoms with van der Waals surface area (Å²) in [6.07, 6.45) is -3.28. The molecule has 2 aromatic carbocycles. The summed E-state index contributed by atoms with van der Waals surface area (Å²) in [5.41, 5.74) is -1.09. The second-order valence-corrected chi connectivity index (χ2v) is 9.43. The lowest BCUT2D eigenvalue weighted by atomic mass is 10.1. The normalized spacial score (nSPS) is 12.5. The highest BCUT2D eigenvalue weighted by Crippen LogP contribution is 2.24. The minimum absolute atomic E-state index is 0.0860. The molecule has 0 N–H and O–H groups in total. The van der Waals surface area contributed by atoms with E-state index in [1.165, 1.54) is 36.4 Å². The van der Waals surface area contributed by atoms with Gasteiger partial charge < -0.3 is 14.3 Å². The molecule has 9 nitrogen and oxygen atoms in total. The number of hydrogen-bond donors (Lipinski definition) is 0. The van der Waals surface area contributed by atoms with Gasteiger partial charge in [0.05, 0.1) is 19.0 Å². The molecule has 0 aliphatic carbocycles. The van der Waals surface area contributed by atoms with Crippen LogP contribution in [0.15, 0.2) is 58.8 Å². The number of hydrogen-bond acceptors (Lipinski definition) is 9. The number of rotatable bonds is 15. The van der Waals surface area contributed by atoms with Crippen molar-refractivity contribution in [2.45, 2.75) is 39.3 Å². The molecule has 0 saturated carbocycles. The molecule has 0 atom stereocenters. The van der Waals surface area contributed by atoms with Gasteiger partial charge in [0.1, 0.15) is 24.2 Å². The molecule has 13 heteroatoms. The Hall–Kier alpha value is -3.79. The Kier molecular flexibility index (Phi) is 11.9. The molecular formula is C25H28F3N3O6S. The molecule has 38 heavy (non-hydrogen) atoms. The van der Waals surface area contributed by atoms with Crippen LogP contribution in [0.4, 0.5) is 13.2 Å². The standard InChI is InChI=1S/C25H28F3N3O6S/c1-3-14-36-31-24(25(26,27)28)20-8-12-22(13-9-20)35-16-5-15-34-21-10-6-19(7-11-21)23(18-29)30-37-38(32,33)17-4-2/h6-13H,3-5,14-17H2,1-2H3. The van der Waals surface area contributed by atoms with Crippen molar-refractivity contribution in [1.82, 2.24) is 0 Å². The molecule has 0 heterocycles. The van der Waals surface area contributed by atoms with Gasteiger partial charge in [-0.1, -0.05) is 24.2 Å². The van der Waals surface area contributed by atoms with Gasteiger partial charge in [-0.3, -0.25) is 4.28 Å². The minimum Gasteiger partial charge on any atom is -0.493 e. The summed E-state index contributed by atoms with van der Waals surface area (Å²) in [5.74, 6) is 0.680. The van der Waals surface area contributed by atoms with Gasteiger partial charge in [-0.15, -0.1) is 0 Å². The van der Waals surface area contributed by atoms with E-state index in [1.54, 1.807) is 32.0 Å². The Labute approximate surface area is 219 Å². The number of oxime groups is 2. The third kappa shape index (κ3) is 10.3. The fraction of sp³-hybridized carbons (Fsp3) is 0.400. The number of ether oxygens (including phenoxy) is 2. The molecule has 2 aromatic rings. The average Bonchev–Trinajstić information content (AvgIpc) is 2.87. The Morgan fingerprint density at radius 2 is 1.42 bits per heavy atom. The molecule has 0 aliphatic rings. The van der Waals surface area contributed by atoms with Crippen LogP contribution in [0.2, 0.25) is 0 Å². The molecule has 2 rings (SSSR count). The summed E-state index contributed by atoms with van der Waals surface area (Å²) >= 11 is 0. The van der Waals surface area contributed by atoms with E-state index in [2.05, 4.69) is 14.6 Å². The summed E-state index contributed by atoms with van der Waals surface area (Å²) in [6.45, 7) is 4.07. The first-order chi connectivity index (χ1) is 18.1.